The summed E-state index contributed by atoms with van der Waals surface area (Å²) in [5.74, 6) is 0. The lowest BCUT2D eigenvalue weighted by Gasteiger charge is -2.23. The predicted molar refractivity (Wildman–Crippen MR) is 78.5 cm³/mol. The summed E-state index contributed by atoms with van der Waals surface area (Å²) in [6.07, 6.45) is 2.70. The van der Waals surface area contributed by atoms with Gasteiger partial charge in [0, 0.05) is 19.6 Å². The minimum atomic E-state index is -3.58. The first-order chi connectivity index (χ1) is 9.19. The smallest absolute Gasteiger partial charge is 0.281 e. The Morgan fingerprint density at radius 2 is 2.05 bits per heavy atom. The normalized spacial score (nSPS) is 15.1. The number of aromatic nitrogens is 2. The Hall–Kier alpha value is -1.57. The van der Waals surface area contributed by atoms with Gasteiger partial charge in [-0.05, 0) is 11.6 Å². The fourth-order valence-electron chi connectivity index (χ4n) is 2.18. The molecule has 0 bridgehead atoms. The maximum absolute atomic E-state index is 12.6. The SMILES string of the molecule is Cl.O=S(=O)(c1cnc[nH]1)N1CCNCc2ccccc21. The molecule has 1 aromatic heterocycles. The third-order valence-corrected chi connectivity index (χ3v) is 4.85. The van der Waals surface area contributed by atoms with E-state index in [4.69, 9.17) is 0 Å². The van der Waals surface area contributed by atoms with Crippen LogP contribution in [-0.2, 0) is 16.6 Å². The zero-order valence-corrected chi connectivity index (χ0v) is 12.2. The lowest BCUT2D eigenvalue weighted by Crippen LogP contribution is -2.34. The average molecular weight is 315 g/mol. The summed E-state index contributed by atoms with van der Waals surface area (Å²) in [4.78, 5) is 6.45. The Balaban J connectivity index is 0.00000147. The number of aromatic amines is 1. The zero-order chi connectivity index (χ0) is 13.3. The molecule has 8 heteroatoms. The summed E-state index contributed by atoms with van der Waals surface area (Å²) in [5.41, 5.74) is 1.70. The number of halogens is 1. The summed E-state index contributed by atoms with van der Waals surface area (Å²) in [5, 5.41) is 3.33. The highest BCUT2D eigenvalue weighted by atomic mass is 35.5. The number of H-pyrrole nitrogens is 1. The van der Waals surface area contributed by atoms with Gasteiger partial charge in [0.1, 0.15) is 0 Å². The Morgan fingerprint density at radius 3 is 2.80 bits per heavy atom. The van der Waals surface area contributed by atoms with Crippen molar-refractivity contribution in [1.82, 2.24) is 15.3 Å². The van der Waals surface area contributed by atoms with Gasteiger partial charge >= 0.3 is 0 Å². The molecule has 0 spiro atoms. The van der Waals surface area contributed by atoms with E-state index < -0.39 is 10.0 Å². The average Bonchev–Trinajstić information content (AvgIpc) is 2.86. The van der Waals surface area contributed by atoms with Crippen molar-refractivity contribution in [1.29, 1.82) is 0 Å². The molecule has 2 N–H and O–H groups in total. The van der Waals surface area contributed by atoms with E-state index in [-0.39, 0.29) is 17.4 Å². The molecule has 6 nitrogen and oxygen atoms in total. The molecule has 1 aliphatic rings. The van der Waals surface area contributed by atoms with E-state index >= 15 is 0 Å². The van der Waals surface area contributed by atoms with Crippen molar-refractivity contribution >= 4 is 28.1 Å². The van der Waals surface area contributed by atoms with Crippen molar-refractivity contribution < 1.29 is 8.42 Å². The molecule has 1 aromatic carbocycles. The third kappa shape index (κ3) is 2.52. The van der Waals surface area contributed by atoms with E-state index in [0.717, 1.165) is 11.3 Å². The Bertz CT molecular complexity index is 673. The third-order valence-electron chi connectivity index (χ3n) is 3.11. The van der Waals surface area contributed by atoms with Gasteiger partial charge < -0.3 is 10.3 Å². The molecule has 0 amide bonds. The Morgan fingerprint density at radius 1 is 1.25 bits per heavy atom. The van der Waals surface area contributed by atoms with E-state index in [2.05, 4.69) is 15.3 Å². The van der Waals surface area contributed by atoms with Gasteiger partial charge in [-0.25, -0.2) is 4.98 Å². The van der Waals surface area contributed by atoms with Crippen molar-refractivity contribution in [2.24, 2.45) is 0 Å². The van der Waals surface area contributed by atoms with E-state index in [1.807, 2.05) is 24.3 Å². The lowest BCUT2D eigenvalue weighted by molar-refractivity contribution is 0.586. The zero-order valence-electron chi connectivity index (χ0n) is 10.6. The molecule has 0 saturated heterocycles. The maximum Gasteiger partial charge on any atom is 0.281 e. The van der Waals surface area contributed by atoms with Crippen molar-refractivity contribution in [2.75, 3.05) is 17.4 Å². The molecule has 2 aromatic rings. The monoisotopic (exact) mass is 314 g/mol. The molecule has 0 fully saturated rings. The topological polar surface area (TPSA) is 78.1 Å². The molecule has 1 aliphatic heterocycles. The first kappa shape index (κ1) is 14.8. The number of para-hydroxylation sites is 1. The van der Waals surface area contributed by atoms with Crippen LogP contribution < -0.4 is 9.62 Å². The Labute approximate surface area is 123 Å². The number of hydrogen-bond acceptors (Lipinski definition) is 4. The van der Waals surface area contributed by atoms with Gasteiger partial charge in [-0.15, -0.1) is 12.4 Å². The highest BCUT2D eigenvalue weighted by Gasteiger charge is 2.28. The minimum absolute atomic E-state index is 0. The highest BCUT2D eigenvalue weighted by molar-refractivity contribution is 7.92. The molecule has 0 unspecified atom stereocenters. The standard InChI is InChI=1S/C12H14N4O2S.ClH/c17-19(18,12-8-14-9-15-12)16-6-5-13-7-10-3-1-2-4-11(10)16;/h1-4,8-9,13H,5-7H2,(H,14,15);1H. The van der Waals surface area contributed by atoms with Gasteiger partial charge in [0.25, 0.3) is 10.0 Å². The van der Waals surface area contributed by atoms with Crippen LogP contribution in [0.3, 0.4) is 0 Å². The van der Waals surface area contributed by atoms with E-state index in [1.165, 1.54) is 16.8 Å². The molecule has 20 heavy (non-hydrogen) atoms. The lowest BCUT2D eigenvalue weighted by atomic mass is 10.2. The van der Waals surface area contributed by atoms with Crippen molar-refractivity contribution in [2.45, 2.75) is 11.6 Å². The summed E-state index contributed by atoms with van der Waals surface area (Å²) in [7, 11) is -3.58. The number of nitrogens with zero attached hydrogens (tertiary/aromatic N) is 2. The van der Waals surface area contributed by atoms with Crippen molar-refractivity contribution in [3.8, 4) is 0 Å². The number of sulfonamides is 1. The van der Waals surface area contributed by atoms with Gasteiger partial charge in [0.05, 0.1) is 18.2 Å². The predicted octanol–water partition coefficient (Wildman–Crippen LogP) is 1.13. The molecular formula is C12H15ClN4O2S. The van der Waals surface area contributed by atoms with Crippen LogP contribution in [0.1, 0.15) is 5.56 Å². The molecular weight excluding hydrogens is 300 g/mol. The van der Waals surface area contributed by atoms with E-state index in [0.29, 0.717) is 19.6 Å². The van der Waals surface area contributed by atoms with Gasteiger partial charge in [-0.2, -0.15) is 8.42 Å². The van der Waals surface area contributed by atoms with Crippen LogP contribution in [0.25, 0.3) is 0 Å². The van der Waals surface area contributed by atoms with Gasteiger partial charge in [0.15, 0.2) is 5.03 Å². The molecule has 0 atom stereocenters. The number of nitrogens with one attached hydrogen (secondary N) is 2. The van der Waals surface area contributed by atoms with E-state index in [9.17, 15) is 8.42 Å². The summed E-state index contributed by atoms with van der Waals surface area (Å²) >= 11 is 0. The molecule has 3 rings (SSSR count). The number of benzene rings is 1. The number of rotatable bonds is 2. The van der Waals surface area contributed by atoms with Gasteiger partial charge in [-0.1, -0.05) is 18.2 Å². The summed E-state index contributed by atoms with van der Waals surface area (Å²) in [6.45, 7) is 1.69. The van der Waals surface area contributed by atoms with Crippen molar-refractivity contribution in [3.63, 3.8) is 0 Å². The van der Waals surface area contributed by atoms with Crippen LogP contribution in [-0.4, -0.2) is 31.5 Å². The second-order valence-electron chi connectivity index (χ2n) is 4.30. The second kappa shape index (κ2) is 5.82. The number of hydrogen-bond donors (Lipinski definition) is 2. The van der Waals surface area contributed by atoms with Crippen LogP contribution in [0.15, 0.2) is 41.8 Å². The van der Waals surface area contributed by atoms with Crippen LogP contribution in [0.4, 0.5) is 5.69 Å². The molecule has 0 radical (unpaired) electrons. The molecule has 0 aliphatic carbocycles. The van der Waals surface area contributed by atoms with Crippen LogP contribution >= 0.6 is 12.4 Å². The number of imidazole rings is 1. The minimum Gasteiger partial charge on any atom is -0.334 e. The largest absolute Gasteiger partial charge is 0.334 e. The van der Waals surface area contributed by atoms with Crippen LogP contribution in [0, 0.1) is 0 Å². The van der Waals surface area contributed by atoms with Gasteiger partial charge in [0.2, 0.25) is 0 Å². The Kier molecular flexibility index (Phi) is 4.32. The van der Waals surface area contributed by atoms with Crippen LogP contribution in [0.5, 0.6) is 0 Å². The molecule has 108 valence electrons. The summed E-state index contributed by atoms with van der Waals surface area (Å²) < 4.78 is 26.6. The quantitative estimate of drug-likeness (QED) is 0.871. The van der Waals surface area contributed by atoms with E-state index in [1.54, 1.807) is 0 Å². The maximum atomic E-state index is 12.6. The fraction of sp³-hybridized carbons (Fsp3) is 0.250. The molecule has 2 heterocycles. The van der Waals surface area contributed by atoms with Gasteiger partial charge in [-0.3, -0.25) is 4.31 Å². The highest BCUT2D eigenvalue weighted by Crippen LogP contribution is 2.27. The summed E-state index contributed by atoms with van der Waals surface area (Å²) in [6, 6.07) is 7.52. The second-order valence-corrected chi connectivity index (χ2v) is 6.13. The van der Waals surface area contributed by atoms with Crippen LogP contribution in [0.2, 0.25) is 0 Å². The molecule has 0 saturated carbocycles. The number of anilines is 1. The van der Waals surface area contributed by atoms with Crippen molar-refractivity contribution in [3.05, 3.63) is 42.4 Å². The first-order valence-electron chi connectivity index (χ1n) is 5.99. The fourth-order valence-corrected chi connectivity index (χ4v) is 3.58. The number of fused-ring (bicyclic) bond motifs is 1. The first-order valence-corrected chi connectivity index (χ1v) is 7.43.